The van der Waals surface area contributed by atoms with E-state index in [4.69, 9.17) is 4.74 Å². The monoisotopic (exact) mass is 384 g/mol. The Morgan fingerprint density at radius 2 is 2.00 bits per heavy atom. The Labute approximate surface area is 143 Å². The van der Waals surface area contributed by atoms with Crippen molar-refractivity contribution in [3.8, 4) is 0 Å². The number of para-hydroxylation sites is 1. The maximum atomic E-state index is 12.5. The average Bonchev–Trinajstić information content (AvgIpc) is 2.83. The Bertz CT molecular complexity index is 600. The molecule has 0 aliphatic carbocycles. The van der Waals surface area contributed by atoms with Gasteiger partial charge in [0.2, 0.25) is 5.91 Å². The Morgan fingerprint density at radius 3 is 2.57 bits per heavy atom. The molecule has 1 aromatic rings. The third kappa shape index (κ3) is 4.68. The summed E-state index contributed by atoms with van der Waals surface area (Å²) in [5.74, 6) is -0.348. The zero-order chi connectivity index (χ0) is 17.2. The molecule has 0 radical (unpaired) electrons. The smallest absolute Gasteiger partial charge is 0.408 e. The van der Waals surface area contributed by atoms with E-state index in [1.807, 2.05) is 32.9 Å². The molecule has 1 aromatic carbocycles. The number of nitrogens with zero attached hydrogens (tertiary/aromatic N) is 1. The first-order valence-electron chi connectivity index (χ1n) is 7.40. The minimum Gasteiger partial charge on any atom is -0.465 e. The van der Waals surface area contributed by atoms with Crippen molar-refractivity contribution in [2.45, 2.75) is 44.9 Å². The van der Waals surface area contributed by atoms with Crippen molar-refractivity contribution in [3.63, 3.8) is 0 Å². The minimum absolute atomic E-state index is 0.195. The second kappa shape index (κ2) is 6.88. The zero-order valence-corrected chi connectivity index (χ0v) is 15.0. The van der Waals surface area contributed by atoms with Gasteiger partial charge >= 0.3 is 6.09 Å². The number of carboxylic acid groups (broad SMARTS) is 1. The molecule has 6 nitrogen and oxygen atoms in total. The molecular formula is C16H21BrN2O4. The van der Waals surface area contributed by atoms with Crippen molar-refractivity contribution in [2.24, 2.45) is 0 Å². The van der Waals surface area contributed by atoms with E-state index >= 15 is 0 Å². The van der Waals surface area contributed by atoms with Gasteiger partial charge in [0, 0.05) is 10.9 Å². The molecule has 2 rings (SSSR count). The molecule has 2 amide bonds. The van der Waals surface area contributed by atoms with E-state index in [2.05, 4.69) is 21.2 Å². The number of hydrogen-bond donors (Lipinski definition) is 2. The average molecular weight is 385 g/mol. The number of nitrogens with one attached hydrogen (secondary N) is 1. The van der Waals surface area contributed by atoms with Crippen molar-refractivity contribution >= 4 is 33.6 Å². The van der Waals surface area contributed by atoms with Crippen LogP contribution in [0, 0.1) is 0 Å². The van der Waals surface area contributed by atoms with Gasteiger partial charge in [-0.2, -0.15) is 0 Å². The molecule has 1 aliphatic heterocycles. The van der Waals surface area contributed by atoms with Gasteiger partial charge in [0.1, 0.15) is 6.04 Å². The van der Waals surface area contributed by atoms with Gasteiger partial charge in [-0.15, -0.1) is 0 Å². The summed E-state index contributed by atoms with van der Waals surface area (Å²) in [5, 5.41) is 12.1. The summed E-state index contributed by atoms with van der Waals surface area (Å²) in [6, 6.07) is 6.45. The largest absolute Gasteiger partial charge is 0.465 e. The Hall–Kier alpha value is -1.60. The number of carbonyl (C=O) groups is 2. The molecule has 0 spiro atoms. The molecule has 7 heteroatoms. The maximum Gasteiger partial charge on any atom is 0.408 e. The van der Waals surface area contributed by atoms with Crippen LogP contribution in [0.25, 0.3) is 0 Å². The third-order valence-corrected chi connectivity index (χ3v) is 4.15. The minimum atomic E-state index is -1.11. The molecular weight excluding hydrogens is 364 g/mol. The van der Waals surface area contributed by atoms with Crippen LogP contribution in [-0.4, -0.2) is 46.3 Å². The van der Waals surface area contributed by atoms with Crippen molar-refractivity contribution in [2.75, 3.05) is 11.9 Å². The van der Waals surface area contributed by atoms with E-state index in [1.54, 1.807) is 12.1 Å². The normalized spacial score (nSPS) is 21.3. The van der Waals surface area contributed by atoms with E-state index in [-0.39, 0.29) is 24.2 Å². The summed E-state index contributed by atoms with van der Waals surface area (Å²) in [4.78, 5) is 25.1. The lowest BCUT2D eigenvalue weighted by molar-refractivity contribution is -0.120. The maximum absolute atomic E-state index is 12.5. The molecule has 126 valence electrons. The third-order valence-electron chi connectivity index (χ3n) is 3.46. The number of amides is 2. The highest BCUT2D eigenvalue weighted by atomic mass is 79.9. The number of rotatable bonds is 3. The molecule has 1 saturated heterocycles. The van der Waals surface area contributed by atoms with E-state index < -0.39 is 12.1 Å². The van der Waals surface area contributed by atoms with Gasteiger partial charge in [0.05, 0.1) is 23.9 Å². The molecule has 0 saturated carbocycles. The summed E-state index contributed by atoms with van der Waals surface area (Å²) in [6.45, 7) is 5.92. The van der Waals surface area contributed by atoms with Crippen molar-refractivity contribution in [1.29, 1.82) is 0 Å². The summed E-state index contributed by atoms with van der Waals surface area (Å²) >= 11 is 3.36. The van der Waals surface area contributed by atoms with E-state index in [1.165, 1.54) is 0 Å². The van der Waals surface area contributed by atoms with Crippen LogP contribution in [0.2, 0.25) is 0 Å². The molecule has 1 aliphatic rings. The van der Waals surface area contributed by atoms with E-state index in [9.17, 15) is 14.7 Å². The predicted molar refractivity (Wildman–Crippen MR) is 90.5 cm³/mol. The fourth-order valence-corrected chi connectivity index (χ4v) is 3.01. The Morgan fingerprint density at radius 1 is 1.35 bits per heavy atom. The van der Waals surface area contributed by atoms with Gasteiger partial charge in [-0.25, -0.2) is 4.79 Å². The number of benzene rings is 1. The quantitative estimate of drug-likeness (QED) is 0.837. The summed E-state index contributed by atoms with van der Waals surface area (Å²) in [5.41, 5.74) is 0.228. The highest BCUT2D eigenvalue weighted by molar-refractivity contribution is 9.10. The summed E-state index contributed by atoms with van der Waals surface area (Å²) in [7, 11) is 0. The lowest BCUT2D eigenvalue weighted by atomic mass is 10.1. The summed E-state index contributed by atoms with van der Waals surface area (Å²) < 4.78 is 6.59. The van der Waals surface area contributed by atoms with E-state index in [0.29, 0.717) is 12.1 Å². The standard InChI is InChI=1S/C16H21BrN2O4/c1-16(2,3)23-10-8-13(19(9-10)15(21)22)14(20)18-12-7-5-4-6-11(12)17/h4-7,10,13H,8-9H2,1-3H3,(H,18,20)(H,21,22)/t10-,13+/m1/s1. The van der Waals surface area contributed by atoms with Gasteiger partial charge in [-0.3, -0.25) is 9.69 Å². The van der Waals surface area contributed by atoms with Crippen LogP contribution in [0.15, 0.2) is 28.7 Å². The molecule has 2 atom stereocenters. The fourth-order valence-electron chi connectivity index (χ4n) is 2.62. The Kier molecular flexibility index (Phi) is 5.31. The zero-order valence-electron chi connectivity index (χ0n) is 13.4. The van der Waals surface area contributed by atoms with Crippen LogP contribution in [-0.2, 0) is 9.53 Å². The number of halogens is 1. The second-order valence-corrected chi connectivity index (χ2v) is 7.36. The van der Waals surface area contributed by atoms with Crippen LogP contribution in [0.5, 0.6) is 0 Å². The molecule has 2 N–H and O–H groups in total. The SMILES string of the molecule is CC(C)(C)O[C@@H]1C[C@@H](C(=O)Nc2ccccc2Br)N(C(=O)O)C1. The van der Waals surface area contributed by atoms with Gasteiger partial charge in [-0.05, 0) is 48.8 Å². The first-order chi connectivity index (χ1) is 10.7. The molecule has 23 heavy (non-hydrogen) atoms. The second-order valence-electron chi connectivity index (χ2n) is 6.51. The number of hydrogen-bond acceptors (Lipinski definition) is 3. The van der Waals surface area contributed by atoms with Crippen LogP contribution < -0.4 is 5.32 Å². The van der Waals surface area contributed by atoms with Gasteiger partial charge in [-0.1, -0.05) is 12.1 Å². The highest BCUT2D eigenvalue weighted by Gasteiger charge is 2.41. The fraction of sp³-hybridized carbons (Fsp3) is 0.500. The predicted octanol–water partition coefficient (Wildman–Crippen LogP) is 3.32. The summed E-state index contributed by atoms with van der Waals surface area (Å²) in [6.07, 6.45) is -1.06. The lowest BCUT2D eigenvalue weighted by Gasteiger charge is -2.24. The molecule has 0 aromatic heterocycles. The van der Waals surface area contributed by atoms with E-state index in [0.717, 1.165) is 9.37 Å². The number of anilines is 1. The van der Waals surface area contributed by atoms with Gasteiger partial charge in [0.15, 0.2) is 0 Å². The number of carbonyl (C=O) groups excluding carboxylic acids is 1. The molecule has 0 unspecified atom stereocenters. The van der Waals surface area contributed by atoms with Crippen LogP contribution >= 0.6 is 15.9 Å². The Balaban J connectivity index is 2.11. The van der Waals surface area contributed by atoms with Crippen LogP contribution in [0.1, 0.15) is 27.2 Å². The van der Waals surface area contributed by atoms with Gasteiger partial charge in [0.25, 0.3) is 0 Å². The highest BCUT2D eigenvalue weighted by Crippen LogP contribution is 2.27. The lowest BCUT2D eigenvalue weighted by Crippen LogP contribution is -2.42. The van der Waals surface area contributed by atoms with Crippen molar-refractivity contribution < 1.29 is 19.4 Å². The number of likely N-dealkylation sites (tertiary alicyclic amines) is 1. The molecule has 1 fully saturated rings. The molecule has 0 bridgehead atoms. The van der Waals surface area contributed by atoms with Crippen molar-refractivity contribution in [1.82, 2.24) is 4.90 Å². The van der Waals surface area contributed by atoms with Crippen LogP contribution in [0.4, 0.5) is 10.5 Å². The molecule has 1 heterocycles. The van der Waals surface area contributed by atoms with Crippen molar-refractivity contribution in [3.05, 3.63) is 28.7 Å². The first kappa shape index (κ1) is 17.7. The topological polar surface area (TPSA) is 78.9 Å². The first-order valence-corrected chi connectivity index (χ1v) is 8.19. The number of ether oxygens (including phenoxy) is 1. The van der Waals surface area contributed by atoms with Gasteiger partial charge < -0.3 is 15.2 Å². The van der Waals surface area contributed by atoms with Crippen LogP contribution in [0.3, 0.4) is 0 Å².